The van der Waals surface area contributed by atoms with E-state index < -0.39 is 4.92 Å². The summed E-state index contributed by atoms with van der Waals surface area (Å²) < 4.78 is 0. The molecule has 0 spiro atoms. The largest absolute Gasteiger partial charge is 0.377 e. The Labute approximate surface area is 125 Å². The number of nitrogens with one attached hydrogen (secondary N) is 1. The lowest BCUT2D eigenvalue weighted by Gasteiger charge is -2.18. The third-order valence-corrected chi connectivity index (χ3v) is 3.07. The summed E-state index contributed by atoms with van der Waals surface area (Å²) in [4.78, 5) is 24.0. The number of benzene rings is 1. The van der Waals surface area contributed by atoms with Gasteiger partial charge in [-0.3, -0.25) is 14.9 Å². The maximum Gasteiger partial charge on any atom is 0.293 e. The van der Waals surface area contributed by atoms with E-state index in [1.807, 2.05) is 6.92 Å². The first kappa shape index (κ1) is 16.9. The number of rotatable bonds is 6. The van der Waals surface area contributed by atoms with Gasteiger partial charge in [-0.25, -0.2) is 0 Å². The Bertz CT molecular complexity index is 527. The van der Waals surface area contributed by atoms with Gasteiger partial charge in [0.05, 0.1) is 4.92 Å². The molecule has 6 nitrogen and oxygen atoms in total. The smallest absolute Gasteiger partial charge is 0.293 e. The molecule has 1 aromatic carbocycles. The lowest BCUT2D eigenvalue weighted by molar-refractivity contribution is -0.384. The second kappa shape index (κ2) is 7.06. The number of hydrogen-bond acceptors (Lipinski definition) is 4. The zero-order chi connectivity index (χ0) is 16.2. The monoisotopic (exact) mass is 293 g/mol. The molecule has 0 aromatic heterocycles. The van der Waals surface area contributed by atoms with E-state index in [4.69, 9.17) is 0 Å². The molecule has 0 fully saturated rings. The summed E-state index contributed by atoms with van der Waals surface area (Å²) in [6.45, 7) is 6.19. The molecule has 0 bridgehead atoms. The van der Waals surface area contributed by atoms with Crippen LogP contribution in [0.4, 0.5) is 11.4 Å². The van der Waals surface area contributed by atoms with Gasteiger partial charge in [-0.15, -0.1) is 0 Å². The fourth-order valence-corrected chi connectivity index (χ4v) is 2.23. The second-order valence-electron chi connectivity index (χ2n) is 5.86. The lowest BCUT2D eigenvalue weighted by Crippen LogP contribution is -2.22. The molecule has 1 aromatic rings. The maximum absolute atomic E-state index is 11.9. The molecule has 0 radical (unpaired) electrons. The first-order chi connectivity index (χ1) is 9.72. The molecule has 21 heavy (non-hydrogen) atoms. The molecule has 1 amide bonds. The average Bonchev–Trinajstić information content (AvgIpc) is 2.36. The van der Waals surface area contributed by atoms with E-state index >= 15 is 0 Å². The zero-order valence-electron chi connectivity index (χ0n) is 13.2. The van der Waals surface area contributed by atoms with Crippen molar-refractivity contribution in [2.45, 2.75) is 33.2 Å². The van der Waals surface area contributed by atoms with Crippen molar-refractivity contribution < 1.29 is 9.72 Å². The van der Waals surface area contributed by atoms with Crippen LogP contribution in [0.3, 0.4) is 0 Å². The molecule has 0 heterocycles. The highest BCUT2D eigenvalue weighted by Gasteiger charge is 2.19. The normalized spacial score (nSPS) is 12.1. The predicted molar refractivity (Wildman–Crippen MR) is 83.7 cm³/mol. The van der Waals surface area contributed by atoms with E-state index in [1.165, 1.54) is 11.0 Å². The Balaban J connectivity index is 3.05. The summed E-state index contributed by atoms with van der Waals surface area (Å²) >= 11 is 0. The van der Waals surface area contributed by atoms with Crippen LogP contribution in [0.15, 0.2) is 18.2 Å². The van der Waals surface area contributed by atoms with Gasteiger partial charge >= 0.3 is 0 Å². The number of nitrogens with zero attached hydrogens (tertiary/aromatic N) is 2. The van der Waals surface area contributed by atoms with Crippen LogP contribution in [-0.2, 0) is 0 Å². The van der Waals surface area contributed by atoms with Crippen LogP contribution in [0.2, 0.25) is 0 Å². The van der Waals surface area contributed by atoms with Crippen molar-refractivity contribution in [3.63, 3.8) is 0 Å². The summed E-state index contributed by atoms with van der Waals surface area (Å²) in [7, 11) is 3.23. The molecule has 1 atom stereocenters. The number of amides is 1. The molecular weight excluding hydrogens is 270 g/mol. The number of anilines is 1. The third-order valence-electron chi connectivity index (χ3n) is 3.07. The van der Waals surface area contributed by atoms with Crippen LogP contribution in [0.5, 0.6) is 0 Å². The van der Waals surface area contributed by atoms with Gasteiger partial charge in [0, 0.05) is 31.8 Å². The van der Waals surface area contributed by atoms with Crippen molar-refractivity contribution in [2.75, 3.05) is 19.4 Å². The Morgan fingerprint density at radius 2 is 1.95 bits per heavy atom. The third kappa shape index (κ3) is 4.73. The van der Waals surface area contributed by atoms with Crippen molar-refractivity contribution in [1.29, 1.82) is 0 Å². The van der Waals surface area contributed by atoms with Crippen LogP contribution < -0.4 is 5.32 Å². The van der Waals surface area contributed by atoms with Crippen molar-refractivity contribution in [1.82, 2.24) is 4.90 Å². The molecule has 0 saturated carbocycles. The van der Waals surface area contributed by atoms with Gasteiger partial charge < -0.3 is 10.2 Å². The van der Waals surface area contributed by atoms with E-state index in [0.29, 0.717) is 17.2 Å². The predicted octanol–water partition coefficient (Wildman–Crippen LogP) is 3.14. The van der Waals surface area contributed by atoms with Gasteiger partial charge in [0.1, 0.15) is 5.69 Å². The molecule has 0 saturated heterocycles. The molecule has 1 N–H and O–H groups in total. The maximum atomic E-state index is 11.9. The number of nitro benzene ring substituents is 1. The minimum atomic E-state index is -0.461. The average molecular weight is 293 g/mol. The summed E-state index contributed by atoms with van der Waals surface area (Å²) in [6, 6.07) is 4.66. The highest BCUT2D eigenvalue weighted by Crippen LogP contribution is 2.27. The van der Waals surface area contributed by atoms with E-state index in [9.17, 15) is 14.9 Å². The molecular formula is C15H23N3O3. The van der Waals surface area contributed by atoms with Crippen molar-refractivity contribution in [3.8, 4) is 0 Å². The second-order valence-corrected chi connectivity index (χ2v) is 5.86. The van der Waals surface area contributed by atoms with Gasteiger partial charge in [-0.1, -0.05) is 13.8 Å². The molecule has 0 aliphatic carbocycles. The number of carbonyl (C=O) groups is 1. The van der Waals surface area contributed by atoms with Gasteiger partial charge in [-0.2, -0.15) is 0 Å². The Kier molecular flexibility index (Phi) is 5.69. The van der Waals surface area contributed by atoms with Gasteiger partial charge in [0.15, 0.2) is 0 Å². The molecule has 6 heteroatoms. The number of nitro groups is 1. The zero-order valence-corrected chi connectivity index (χ0v) is 13.2. The molecule has 0 aliphatic heterocycles. The van der Waals surface area contributed by atoms with Crippen molar-refractivity contribution >= 4 is 17.3 Å². The SMILES string of the molecule is CC(C)CC(C)Nc1ccc(C(=O)N(C)C)cc1[N+](=O)[O-]. The molecule has 1 unspecified atom stereocenters. The van der Waals surface area contributed by atoms with E-state index in [2.05, 4.69) is 19.2 Å². The summed E-state index contributed by atoms with van der Waals surface area (Å²) in [5.74, 6) is 0.251. The quantitative estimate of drug-likeness (QED) is 0.645. The Hall–Kier alpha value is -2.11. The van der Waals surface area contributed by atoms with Crippen molar-refractivity contribution in [2.24, 2.45) is 5.92 Å². The fraction of sp³-hybridized carbons (Fsp3) is 0.533. The minimum absolute atomic E-state index is 0.0710. The first-order valence-electron chi connectivity index (χ1n) is 6.99. The summed E-state index contributed by atoms with van der Waals surface area (Å²) in [5.41, 5.74) is 0.690. The molecule has 116 valence electrons. The Morgan fingerprint density at radius 3 is 2.43 bits per heavy atom. The van der Waals surface area contributed by atoms with Gasteiger partial charge in [-0.05, 0) is 31.4 Å². The standard InChI is InChI=1S/C15H23N3O3/c1-10(2)8-11(3)16-13-7-6-12(15(19)17(4)5)9-14(13)18(20)21/h6-7,9-11,16H,8H2,1-5H3. The van der Waals surface area contributed by atoms with Crippen LogP contribution in [0, 0.1) is 16.0 Å². The van der Waals surface area contributed by atoms with Crippen LogP contribution >= 0.6 is 0 Å². The van der Waals surface area contributed by atoms with E-state index in [1.54, 1.807) is 26.2 Å². The molecule has 0 aliphatic rings. The van der Waals surface area contributed by atoms with Gasteiger partial charge in [0.2, 0.25) is 0 Å². The van der Waals surface area contributed by atoms with E-state index in [0.717, 1.165) is 6.42 Å². The highest BCUT2D eigenvalue weighted by molar-refractivity contribution is 5.95. The van der Waals surface area contributed by atoms with Crippen molar-refractivity contribution in [3.05, 3.63) is 33.9 Å². The highest BCUT2D eigenvalue weighted by atomic mass is 16.6. The minimum Gasteiger partial charge on any atom is -0.377 e. The topological polar surface area (TPSA) is 75.5 Å². The lowest BCUT2D eigenvalue weighted by atomic mass is 10.0. The number of carbonyl (C=O) groups excluding carboxylic acids is 1. The summed E-state index contributed by atoms with van der Waals surface area (Å²) in [6.07, 6.45) is 0.912. The molecule has 1 rings (SSSR count). The van der Waals surface area contributed by atoms with Gasteiger partial charge in [0.25, 0.3) is 11.6 Å². The van der Waals surface area contributed by atoms with Crippen LogP contribution in [-0.4, -0.2) is 35.9 Å². The van der Waals surface area contributed by atoms with Crippen LogP contribution in [0.1, 0.15) is 37.6 Å². The van der Waals surface area contributed by atoms with Crippen LogP contribution in [0.25, 0.3) is 0 Å². The summed E-state index contributed by atoms with van der Waals surface area (Å²) in [5, 5.41) is 14.4. The number of hydrogen-bond donors (Lipinski definition) is 1. The van der Waals surface area contributed by atoms with E-state index in [-0.39, 0.29) is 17.6 Å². The first-order valence-corrected chi connectivity index (χ1v) is 6.99. The Morgan fingerprint density at radius 1 is 1.33 bits per heavy atom. The fourth-order valence-electron chi connectivity index (χ4n) is 2.23.